The lowest BCUT2D eigenvalue weighted by Crippen LogP contribution is -2.02. The van der Waals surface area contributed by atoms with Gasteiger partial charge in [-0.25, -0.2) is 9.97 Å². The second-order valence-electron chi connectivity index (χ2n) is 3.33. The summed E-state index contributed by atoms with van der Waals surface area (Å²) < 4.78 is 5.49. The maximum atomic E-state index is 11.0. The van der Waals surface area contributed by atoms with E-state index in [9.17, 15) is 4.79 Å². The van der Waals surface area contributed by atoms with E-state index in [2.05, 4.69) is 35.6 Å². The molecule has 0 fully saturated rings. The van der Waals surface area contributed by atoms with Crippen molar-refractivity contribution in [2.45, 2.75) is 12.1 Å². The number of imidazole rings is 1. The zero-order valence-electron chi connectivity index (χ0n) is 9.28. The highest BCUT2D eigenvalue weighted by Crippen LogP contribution is 2.22. The molecule has 0 amide bonds. The van der Waals surface area contributed by atoms with Crippen LogP contribution in [-0.2, 0) is 9.53 Å². The maximum Gasteiger partial charge on any atom is 0.316 e. The molecule has 2 heterocycles. The molecule has 90 valence electrons. The second kappa shape index (κ2) is 5.05. The molecule has 5 nitrogen and oxygen atoms in total. The molecule has 1 N–H and O–H groups in total. The van der Waals surface area contributed by atoms with E-state index in [1.165, 1.54) is 18.9 Å². The van der Waals surface area contributed by atoms with Crippen LogP contribution < -0.4 is 0 Å². The van der Waals surface area contributed by atoms with E-state index in [0.29, 0.717) is 10.8 Å². The van der Waals surface area contributed by atoms with Crippen molar-refractivity contribution in [3.8, 4) is 0 Å². The predicted octanol–water partition coefficient (Wildman–Crippen LogP) is 2.29. The van der Waals surface area contributed by atoms with Gasteiger partial charge in [-0.1, -0.05) is 11.8 Å². The molecule has 0 unspecified atom stereocenters. The van der Waals surface area contributed by atoms with Gasteiger partial charge in [-0.15, -0.1) is 0 Å². The largest absolute Gasteiger partial charge is 0.468 e. The molecule has 0 bridgehead atoms. The standard InChI is InChI=1S/C10H10BrN3O2S/c1-5-6(11)3-7-9(12-5)14-10(13-7)17-4-8(15)16-2/h3H,4H2,1-2H3,(H,12,13,14). The quantitative estimate of drug-likeness (QED) is 0.695. The first-order valence-electron chi connectivity index (χ1n) is 4.82. The van der Waals surface area contributed by atoms with Crippen molar-refractivity contribution >= 4 is 44.8 Å². The molecule has 0 spiro atoms. The Balaban J connectivity index is 2.23. The van der Waals surface area contributed by atoms with Crippen LogP contribution in [0.3, 0.4) is 0 Å². The van der Waals surface area contributed by atoms with Crippen LogP contribution in [0.1, 0.15) is 5.69 Å². The number of aromatic amines is 1. The summed E-state index contributed by atoms with van der Waals surface area (Å²) in [5.41, 5.74) is 2.38. The number of hydrogen-bond acceptors (Lipinski definition) is 5. The number of carbonyl (C=O) groups excluding carboxylic acids is 1. The van der Waals surface area contributed by atoms with Crippen LogP contribution in [-0.4, -0.2) is 33.8 Å². The molecule has 0 radical (unpaired) electrons. The first kappa shape index (κ1) is 12.4. The number of carbonyl (C=O) groups is 1. The van der Waals surface area contributed by atoms with Gasteiger partial charge in [0.1, 0.15) is 0 Å². The molecular formula is C10H10BrN3O2S. The van der Waals surface area contributed by atoms with Gasteiger partial charge in [-0.3, -0.25) is 4.79 Å². The Bertz CT molecular complexity index is 531. The van der Waals surface area contributed by atoms with E-state index >= 15 is 0 Å². The van der Waals surface area contributed by atoms with Crippen molar-refractivity contribution in [2.75, 3.05) is 12.9 Å². The van der Waals surface area contributed by atoms with Gasteiger partial charge in [0.15, 0.2) is 10.8 Å². The zero-order valence-corrected chi connectivity index (χ0v) is 11.7. The number of fused-ring (bicyclic) bond motifs is 1. The van der Waals surface area contributed by atoms with Crippen LogP contribution in [0.4, 0.5) is 0 Å². The summed E-state index contributed by atoms with van der Waals surface area (Å²) in [6.45, 7) is 1.90. The summed E-state index contributed by atoms with van der Waals surface area (Å²) in [5, 5.41) is 0.662. The van der Waals surface area contributed by atoms with Gasteiger partial charge in [0.05, 0.1) is 24.1 Å². The Morgan fingerprint density at radius 2 is 2.35 bits per heavy atom. The molecule has 7 heteroatoms. The monoisotopic (exact) mass is 315 g/mol. The lowest BCUT2D eigenvalue weighted by Gasteiger charge is -1.95. The molecule has 2 rings (SSSR count). The second-order valence-corrected chi connectivity index (χ2v) is 5.15. The van der Waals surface area contributed by atoms with Crippen LogP contribution in [0.25, 0.3) is 11.2 Å². The van der Waals surface area contributed by atoms with E-state index in [4.69, 9.17) is 0 Å². The number of aryl methyl sites for hydroxylation is 1. The zero-order chi connectivity index (χ0) is 12.4. The number of pyridine rings is 1. The number of nitrogens with zero attached hydrogens (tertiary/aromatic N) is 2. The van der Waals surface area contributed by atoms with Crippen molar-refractivity contribution in [2.24, 2.45) is 0 Å². The number of aromatic nitrogens is 3. The molecule has 0 aromatic carbocycles. The van der Waals surface area contributed by atoms with Crippen molar-refractivity contribution in [3.63, 3.8) is 0 Å². The van der Waals surface area contributed by atoms with Crippen LogP contribution in [0.2, 0.25) is 0 Å². The third-order valence-corrected chi connectivity index (χ3v) is 3.78. The van der Waals surface area contributed by atoms with E-state index in [1.807, 2.05) is 13.0 Å². The lowest BCUT2D eigenvalue weighted by molar-refractivity contribution is -0.137. The molecule has 0 atom stereocenters. The Hall–Kier alpha value is -1.08. The third kappa shape index (κ3) is 2.78. The number of thioether (sulfide) groups is 1. The summed E-state index contributed by atoms with van der Waals surface area (Å²) in [5.74, 6) is -0.0444. The SMILES string of the molecule is COC(=O)CSc1nc2nc(C)c(Br)cc2[nH]1. The van der Waals surface area contributed by atoms with Crippen LogP contribution in [0, 0.1) is 6.92 Å². The van der Waals surface area contributed by atoms with Crippen LogP contribution in [0.5, 0.6) is 0 Å². The Kier molecular flexibility index (Phi) is 3.68. The van der Waals surface area contributed by atoms with Crippen molar-refractivity contribution in [3.05, 3.63) is 16.2 Å². The molecule has 0 aliphatic heterocycles. The highest BCUT2D eigenvalue weighted by atomic mass is 79.9. The topological polar surface area (TPSA) is 67.9 Å². The fraction of sp³-hybridized carbons (Fsp3) is 0.300. The van der Waals surface area contributed by atoms with Gasteiger partial charge in [0.2, 0.25) is 0 Å². The summed E-state index contributed by atoms with van der Waals surface area (Å²) in [6, 6.07) is 1.92. The van der Waals surface area contributed by atoms with Crippen LogP contribution in [0.15, 0.2) is 15.7 Å². The Morgan fingerprint density at radius 1 is 1.59 bits per heavy atom. The van der Waals surface area contributed by atoms with E-state index in [-0.39, 0.29) is 11.7 Å². The fourth-order valence-corrected chi connectivity index (χ4v) is 2.26. The average Bonchev–Trinajstić information content (AvgIpc) is 2.68. The average molecular weight is 316 g/mol. The molecule has 0 aliphatic rings. The summed E-state index contributed by atoms with van der Waals surface area (Å²) >= 11 is 4.70. The van der Waals surface area contributed by atoms with Gasteiger partial charge in [-0.2, -0.15) is 0 Å². The number of H-pyrrole nitrogens is 1. The minimum atomic E-state index is -0.277. The van der Waals surface area contributed by atoms with Gasteiger partial charge in [0, 0.05) is 4.47 Å². The van der Waals surface area contributed by atoms with Gasteiger partial charge < -0.3 is 9.72 Å². The summed E-state index contributed by atoms with van der Waals surface area (Å²) in [4.78, 5) is 22.7. The predicted molar refractivity (Wildman–Crippen MR) is 69.1 cm³/mol. The lowest BCUT2D eigenvalue weighted by atomic mass is 10.3. The maximum absolute atomic E-state index is 11.0. The Morgan fingerprint density at radius 3 is 3.06 bits per heavy atom. The van der Waals surface area contributed by atoms with Crippen molar-refractivity contribution in [1.29, 1.82) is 0 Å². The molecule has 0 aliphatic carbocycles. The number of nitrogens with one attached hydrogen (secondary N) is 1. The van der Waals surface area contributed by atoms with Gasteiger partial charge in [0.25, 0.3) is 0 Å². The summed E-state index contributed by atoms with van der Waals surface area (Å²) in [6.07, 6.45) is 0. The van der Waals surface area contributed by atoms with E-state index in [1.54, 1.807) is 0 Å². The third-order valence-electron chi connectivity index (χ3n) is 2.13. The molecular weight excluding hydrogens is 306 g/mol. The molecule has 0 saturated carbocycles. The van der Waals surface area contributed by atoms with Gasteiger partial charge >= 0.3 is 5.97 Å². The molecule has 2 aromatic rings. The molecule has 17 heavy (non-hydrogen) atoms. The fourth-order valence-electron chi connectivity index (χ4n) is 1.24. The number of esters is 1. The first-order chi connectivity index (χ1) is 8.10. The Labute approximate surface area is 110 Å². The molecule has 2 aromatic heterocycles. The van der Waals surface area contributed by atoms with Crippen molar-refractivity contribution < 1.29 is 9.53 Å². The smallest absolute Gasteiger partial charge is 0.316 e. The first-order valence-corrected chi connectivity index (χ1v) is 6.60. The normalized spacial score (nSPS) is 10.8. The number of methoxy groups -OCH3 is 1. The van der Waals surface area contributed by atoms with E-state index < -0.39 is 0 Å². The van der Waals surface area contributed by atoms with Crippen LogP contribution >= 0.6 is 27.7 Å². The highest BCUT2D eigenvalue weighted by molar-refractivity contribution is 9.10. The number of ether oxygens (including phenoxy) is 1. The number of rotatable bonds is 3. The van der Waals surface area contributed by atoms with Crippen molar-refractivity contribution in [1.82, 2.24) is 15.0 Å². The number of hydrogen-bond donors (Lipinski definition) is 1. The molecule has 0 saturated heterocycles. The number of halogens is 1. The van der Waals surface area contributed by atoms with Gasteiger partial charge in [-0.05, 0) is 28.9 Å². The summed E-state index contributed by atoms with van der Waals surface area (Å²) in [7, 11) is 1.36. The minimum absolute atomic E-state index is 0.233. The highest BCUT2D eigenvalue weighted by Gasteiger charge is 2.09. The minimum Gasteiger partial charge on any atom is -0.468 e. The van der Waals surface area contributed by atoms with E-state index in [0.717, 1.165) is 15.7 Å².